The molecule has 168 valence electrons. The van der Waals surface area contributed by atoms with E-state index in [1.165, 1.54) is 12.1 Å². The van der Waals surface area contributed by atoms with Gasteiger partial charge in [0, 0.05) is 10.2 Å². The molecule has 7 nitrogen and oxygen atoms in total. The summed E-state index contributed by atoms with van der Waals surface area (Å²) < 4.78 is 26.6. The van der Waals surface area contributed by atoms with Gasteiger partial charge in [0.05, 0.1) is 16.8 Å². The molecule has 0 fully saturated rings. The Bertz CT molecular complexity index is 1300. The molecular weight excluding hydrogens is 514 g/mol. The molecule has 3 aromatic rings. The lowest BCUT2D eigenvalue weighted by Gasteiger charge is -2.19. The number of halogens is 1. The van der Waals surface area contributed by atoms with Gasteiger partial charge in [-0.05, 0) is 41.3 Å². The quantitative estimate of drug-likeness (QED) is 0.357. The van der Waals surface area contributed by atoms with Crippen molar-refractivity contribution in [3.8, 4) is 0 Å². The number of anilines is 1. The summed E-state index contributed by atoms with van der Waals surface area (Å²) in [4.78, 5) is 30.6. The summed E-state index contributed by atoms with van der Waals surface area (Å²) in [5.41, 5.74) is 0.709. The first-order chi connectivity index (χ1) is 15.0. The van der Waals surface area contributed by atoms with Crippen LogP contribution in [0.25, 0.3) is 0 Å². The molecule has 0 saturated carbocycles. The van der Waals surface area contributed by atoms with Crippen molar-refractivity contribution in [2.24, 2.45) is 0 Å². The Hall–Kier alpha value is -2.43. The van der Waals surface area contributed by atoms with Crippen molar-refractivity contribution in [2.75, 3.05) is 11.1 Å². The van der Waals surface area contributed by atoms with E-state index in [4.69, 9.17) is 0 Å². The standard InChI is InChI=1S/C22H22BrN3O4S2/c1-22(2,3)14-7-9-17(10-8-14)32(29,30)18-12-24-21(26-20(18)28)31-13-19(27)25-16-6-4-5-15(23)11-16/h4-12H,13H2,1-3H3,(H,25,27)(H,24,26,28). The molecular formula is C22H22BrN3O4S2. The van der Waals surface area contributed by atoms with Gasteiger partial charge in [0.1, 0.15) is 0 Å². The van der Waals surface area contributed by atoms with Crippen LogP contribution < -0.4 is 10.9 Å². The molecule has 0 aliphatic rings. The SMILES string of the molecule is CC(C)(C)c1ccc(S(=O)(=O)c2cnc(SCC(=O)Nc3cccc(Br)c3)[nH]c2=O)cc1. The Labute approximate surface area is 199 Å². The highest BCUT2D eigenvalue weighted by Gasteiger charge is 2.23. The second kappa shape index (κ2) is 9.60. The van der Waals surface area contributed by atoms with Gasteiger partial charge in [0.25, 0.3) is 5.56 Å². The van der Waals surface area contributed by atoms with Crippen LogP contribution in [-0.4, -0.2) is 30.0 Å². The second-order valence-corrected chi connectivity index (χ2v) is 11.8. The summed E-state index contributed by atoms with van der Waals surface area (Å²) in [6.07, 6.45) is 1.03. The number of hydrogen-bond donors (Lipinski definition) is 2. The maximum Gasteiger partial charge on any atom is 0.270 e. The molecule has 0 bridgehead atoms. The summed E-state index contributed by atoms with van der Waals surface area (Å²) in [7, 11) is -4.02. The van der Waals surface area contributed by atoms with E-state index in [2.05, 4.69) is 31.2 Å². The summed E-state index contributed by atoms with van der Waals surface area (Å²) in [6, 6.07) is 13.6. The number of carbonyl (C=O) groups excluding carboxylic acids is 1. The van der Waals surface area contributed by atoms with E-state index in [0.717, 1.165) is 28.0 Å². The fourth-order valence-corrected chi connectivity index (χ4v) is 5.06. The number of nitrogens with zero attached hydrogens (tertiary/aromatic N) is 1. The highest BCUT2D eigenvalue weighted by Crippen LogP contribution is 2.25. The van der Waals surface area contributed by atoms with Crippen molar-refractivity contribution in [3.63, 3.8) is 0 Å². The van der Waals surface area contributed by atoms with Crippen molar-refractivity contribution in [2.45, 2.75) is 41.1 Å². The monoisotopic (exact) mass is 535 g/mol. The van der Waals surface area contributed by atoms with E-state index in [1.54, 1.807) is 30.3 Å². The molecule has 2 N–H and O–H groups in total. The minimum atomic E-state index is -4.02. The first-order valence-electron chi connectivity index (χ1n) is 9.60. The first-order valence-corrected chi connectivity index (χ1v) is 12.9. The van der Waals surface area contributed by atoms with Crippen LogP contribution in [0, 0.1) is 0 Å². The first kappa shape index (κ1) is 24.2. The molecule has 1 aromatic heterocycles. The number of carbonyl (C=O) groups is 1. The number of H-pyrrole nitrogens is 1. The molecule has 0 atom stereocenters. The average molecular weight is 536 g/mol. The van der Waals surface area contributed by atoms with Gasteiger partial charge in [-0.1, -0.05) is 66.7 Å². The highest BCUT2D eigenvalue weighted by molar-refractivity contribution is 9.10. The molecule has 1 amide bonds. The lowest BCUT2D eigenvalue weighted by Crippen LogP contribution is -2.20. The van der Waals surface area contributed by atoms with Gasteiger partial charge in [0.2, 0.25) is 15.7 Å². The number of rotatable bonds is 6. The smallest absolute Gasteiger partial charge is 0.270 e. The fourth-order valence-electron chi connectivity index (χ4n) is 2.79. The Balaban J connectivity index is 1.71. The van der Waals surface area contributed by atoms with Crippen LogP contribution >= 0.6 is 27.7 Å². The predicted molar refractivity (Wildman–Crippen MR) is 129 cm³/mol. The third-order valence-corrected chi connectivity index (χ3v) is 7.66. The van der Waals surface area contributed by atoms with Crippen LogP contribution in [0.2, 0.25) is 0 Å². The summed E-state index contributed by atoms with van der Waals surface area (Å²) in [5.74, 6) is -0.290. The minimum Gasteiger partial charge on any atom is -0.325 e. The zero-order valence-corrected chi connectivity index (χ0v) is 20.9. The number of aromatic nitrogens is 2. The zero-order chi connectivity index (χ0) is 23.5. The third-order valence-electron chi connectivity index (χ3n) is 4.51. The molecule has 0 aliphatic carbocycles. The summed E-state index contributed by atoms with van der Waals surface area (Å²) >= 11 is 4.33. The Morgan fingerprint density at radius 1 is 1.16 bits per heavy atom. The summed E-state index contributed by atoms with van der Waals surface area (Å²) in [5, 5.41) is 2.89. The highest BCUT2D eigenvalue weighted by atomic mass is 79.9. The van der Waals surface area contributed by atoms with Crippen molar-refractivity contribution in [3.05, 3.63) is 75.1 Å². The van der Waals surface area contributed by atoms with Crippen LogP contribution in [0.3, 0.4) is 0 Å². The normalized spacial score (nSPS) is 11.9. The van der Waals surface area contributed by atoms with Crippen LogP contribution in [0.1, 0.15) is 26.3 Å². The second-order valence-electron chi connectivity index (χ2n) is 8.01. The van der Waals surface area contributed by atoms with E-state index < -0.39 is 20.3 Å². The van der Waals surface area contributed by atoms with Gasteiger partial charge in [-0.3, -0.25) is 9.59 Å². The van der Waals surface area contributed by atoms with Crippen LogP contribution in [-0.2, 0) is 20.0 Å². The summed E-state index contributed by atoms with van der Waals surface area (Å²) in [6.45, 7) is 6.09. The van der Waals surface area contributed by atoms with E-state index in [0.29, 0.717) is 5.69 Å². The Morgan fingerprint density at radius 2 is 1.84 bits per heavy atom. The maximum atomic E-state index is 12.9. The molecule has 0 aliphatic heterocycles. The van der Waals surface area contributed by atoms with Gasteiger partial charge < -0.3 is 10.3 Å². The van der Waals surface area contributed by atoms with Gasteiger partial charge in [-0.2, -0.15) is 0 Å². The van der Waals surface area contributed by atoms with E-state index >= 15 is 0 Å². The lowest BCUT2D eigenvalue weighted by molar-refractivity contribution is -0.113. The maximum absolute atomic E-state index is 12.9. The topological polar surface area (TPSA) is 109 Å². The molecule has 2 aromatic carbocycles. The molecule has 1 heterocycles. The van der Waals surface area contributed by atoms with Gasteiger partial charge in [-0.25, -0.2) is 13.4 Å². The molecule has 0 spiro atoms. The van der Waals surface area contributed by atoms with Crippen LogP contribution in [0.5, 0.6) is 0 Å². The fraction of sp³-hybridized carbons (Fsp3) is 0.227. The average Bonchev–Trinajstić information content (AvgIpc) is 2.71. The molecule has 10 heteroatoms. The minimum absolute atomic E-state index is 0.00415. The number of amides is 1. The number of sulfone groups is 1. The molecule has 0 saturated heterocycles. The number of nitrogens with one attached hydrogen (secondary N) is 2. The largest absolute Gasteiger partial charge is 0.325 e. The number of hydrogen-bond acceptors (Lipinski definition) is 6. The molecule has 32 heavy (non-hydrogen) atoms. The van der Waals surface area contributed by atoms with Crippen LogP contribution in [0.15, 0.2) is 78.9 Å². The van der Waals surface area contributed by atoms with Crippen molar-refractivity contribution < 1.29 is 13.2 Å². The van der Waals surface area contributed by atoms with Crippen molar-refractivity contribution >= 4 is 49.1 Å². The van der Waals surface area contributed by atoms with Gasteiger partial charge >= 0.3 is 0 Å². The zero-order valence-electron chi connectivity index (χ0n) is 17.7. The molecule has 0 radical (unpaired) electrons. The lowest BCUT2D eigenvalue weighted by atomic mass is 9.87. The van der Waals surface area contributed by atoms with Gasteiger partial charge in [-0.15, -0.1) is 0 Å². The molecule has 0 unspecified atom stereocenters. The van der Waals surface area contributed by atoms with Crippen molar-refractivity contribution in [1.29, 1.82) is 0 Å². The van der Waals surface area contributed by atoms with Crippen molar-refractivity contribution in [1.82, 2.24) is 9.97 Å². The third kappa shape index (κ3) is 5.87. The van der Waals surface area contributed by atoms with E-state index in [-0.39, 0.29) is 27.1 Å². The number of thioether (sulfide) groups is 1. The molecule has 3 rings (SSSR count). The Kier molecular flexibility index (Phi) is 7.26. The Morgan fingerprint density at radius 3 is 2.44 bits per heavy atom. The predicted octanol–water partition coefficient (Wildman–Crippen LogP) is 4.39. The van der Waals surface area contributed by atoms with Gasteiger partial charge in [0.15, 0.2) is 10.1 Å². The number of aromatic amines is 1. The van der Waals surface area contributed by atoms with E-state index in [1.807, 2.05) is 26.8 Å². The van der Waals surface area contributed by atoms with E-state index in [9.17, 15) is 18.0 Å². The number of benzene rings is 2. The van der Waals surface area contributed by atoms with Crippen LogP contribution in [0.4, 0.5) is 5.69 Å².